The Morgan fingerprint density at radius 2 is 1.78 bits per heavy atom. The number of benzene rings is 2. The zero-order valence-electron chi connectivity index (χ0n) is 12.6. The average molecular weight is 329 g/mol. The first-order chi connectivity index (χ1) is 11.0. The van der Waals surface area contributed by atoms with Crippen LogP contribution in [0.5, 0.6) is 0 Å². The standard InChI is InChI=1S/C17H19N3O2S/c18-9-8-14-11-20(15-4-2-1-3-5-15)17-7-6-13(10-16(14)17)12-23(19,21)22/h1-7,10-11H,8-9,12,18H2,(H2,19,21,22). The van der Waals surface area contributed by atoms with E-state index in [0.717, 1.165) is 28.6 Å². The molecule has 2 aromatic carbocycles. The van der Waals surface area contributed by atoms with E-state index in [1.807, 2.05) is 42.5 Å². The molecule has 3 rings (SSSR count). The molecule has 0 spiro atoms. The molecule has 1 heterocycles. The Kier molecular flexibility index (Phi) is 4.21. The number of para-hydroxylation sites is 1. The lowest BCUT2D eigenvalue weighted by Gasteiger charge is -2.06. The highest BCUT2D eigenvalue weighted by Crippen LogP contribution is 2.27. The zero-order chi connectivity index (χ0) is 16.4. The molecule has 0 amide bonds. The van der Waals surface area contributed by atoms with Crippen molar-refractivity contribution >= 4 is 20.9 Å². The minimum Gasteiger partial charge on any atom is -0.330 e. The monoisotopic (exact) mass is 329 g/mol. The molecule has 0 aliphatic carbocycles. The van der Waals surface area contributed by atoms with Crippen LogP contribution in [0.3, 0.4) is 0 Å². The van der Waals surface area contributed by atoms with E-state index in [9.17, 15) is 8.42 Å². The number of primary sulfonamides is 1. The highest BCUT2D eigenvalue weighted by atomic mass is 32.2. The van der Waals surface area contributed by atoms with Crippen LogP contribution < -0.4 is 10.9 Å². The van der Waals surface area contributed by atoms with E-state index < -0.39 is 10.0 Å². The predicted molar refractivity (Wildman–Crippen MR) is 92.8 cm³/mol. The molecule has 120 valence electrons. The number of fused-ring (bicyclic) bond motifs is 1. The minimum absolute atomic E-state index is 0.165. The third-order valence-corrected chi connectivity index (χ3v) is 4.50. The molecule has 0 aliphatic heterocycles. The predicted octanol–water partition coefficient (Wildman–Crippen LogP) is 1.92. The van der Waals surface area contributed by atoms with Crippen LogP contribution in [0.15, 0.2) is 54.7 Å². The van der Waals surface area contributed by atoms with Gasteiger partial charge in [0.15, 0.2) is 0 Å². The van der Waals surface area contributed by atoms with Crippen LogP contribution in [-0.2, 0) is 22.2 Å². The molecule has 4 N–H and O–H groups in total. The molecule has 0 bridgehead atoms. The van der Waals surface area contributed by atoms with Gasteiger partial charge >= 0.3 is 0 Å². The fourth-order valence-corrected chi connectivity index (χ4v) is 3.47. The van der Waals surface area contributed by atoms with Crippen molar-refractivity contribution in [2.75, 3.05) is 6.54 Å². The molecular formula is C17H19N3O2S. The van der Waals surface area contributed by atoms with Crippen molar-refractivity contribution in [1.29, 1.82) is 0 Å². The molecule has 0 fully saturated rings. The minimum atomic E-state index is -3.55. The van der Waals surface area contributed by atoms with Crippen LogP contribution in [0.4, 0.5) is 0 Å². The summed E-state index contributed by atoms with van der Waals surface area (Å²) in [7, 11) is -3.55. The normalized spacial score (nSPS) is 11.9. The Morgan fingerprint density at radius 3 is 2.43 bits per heavy atom. The molecule has 0 unspecified atom stereocenters. The summed E-state index contributed by atoms with van der Waals surface area (Å²) in [5, 5.41) is 6.17. The van der Waals surface area contributed by atoms with Crippen LogP contribution in [0.2, 0.25) is 0 Å². The van der Waals surface area contributed by atoms with E-state index in [1.165, 1.54) is 0 Å². The van der Waals surface area contributed by atoms with E-state index >= 15 is 0 Å². The molecule has 23 heavy (non-hydrogen) atoms. The van der Waals surface area contributed by atoms with Gasteiger partial charge in [-0.1, -0.05) is 24.3 Å². The maximum atomic E-state index is 11.3. The lowest BCUT2D eigenvalue weighted by Crippen LogP contribution is -2.14. The second kappa shape index (κ2) is 6.16. The fourth-order valence-electron chi connectivity index (χ4n) is 2.82. The van der Waals surface area contributed by atoms with E-state index in [-0.39, 0.29) is 5.75 Å². The van der Waals surface area contributed by atoms with Crippen molar-refractivity contribution < 1.29 is 8.42 Å². The smallest absolute Gasteiger partial charge is 0.213 e. The van der Waals surface area contributed by atoms with Gasteiger partial charge in [-0.25, -0.2) is 13.6 Å². The van der Waals surface area contributed by atoms with E-state index in [4.69, 9.17) is 10.9 Å². The number of nitrogens with zero attached hydrogens (tertiary/aromatic N) is 1. The highest BCUT2D eigenvalue weighted by Gasteiger charge is 2.12. The SMILES string of the molecule is NCCc1cn(-c2ccccc2)c2ccc(CS(N)(=O)=O)cc12. The average Bonchev–Trinajstić information content (AvgIpc) is 2.85. The zero-order valence-corrected chi connectivity index (χ0v) is 13.5. The summed E-state index contributed by atoms with van der Waals surface area (Å²) in [6.45, 7) is 0.535. The molecule has 6 heteroatoms. The van der Waals surface area contributed by atoms with Gasteiger partial charge in [0, 0.05) is 17.3 Å². The maximum absolute atomic E-state index is 11.3. The first kappa shape index (κ1) is 15.7. The van der Waals surface area contributed by atoms with Crippen molar-refractivity contribution in [3.05, 3.63) is 65.9 Å². The van der Waals surface area contributed by atoms with E-state index in [0.29, 0.717) is 12.1 Å². The fraction of sp³-hybridized carbons (Fsp3) is 0.176. The molecule has 0 radical (unpaired) electrons. The molecular weight excluding hydrogens is 310 g/mol. The molecule has 5 nitrogen and oxygen atoms in total. The molecule has 1 aromatic heterocycles. The lowest BCUT2D eigenvalue weighted by atomic mass is 10.1. The van der Waals surface area contributed by atoms with Crippen LogP contribution in [-0.4, -0.2) is 19.5 Å². The largest absolute Gasteiger partial charge is 0.330 e. The Hall–Kier alpha value is -2.15. The van der Waals surface area contributed by atoms with Gasteiger partial charge in [0.25, 0.3) is 0 Å². The van der Waals surface area contributed by atoms with Gasteiger partial charge in [-0.3, -0.25) is 0 Å². The van der Waals surface area contributed by atoms with Gasteiger partial charge < -0.3 is 10.3 Å². The van der Waals surface area contributed by atoms with Gasteiger partial charge in [0.2, 0.25) is 10.0 Å². The Morgan fingerprint density at radius 1 is 1.04 bits per heavy atom. The van der Waals surface area contributed by atoms with Crippen LogP contribution in [0.25, 0.3) is 16.6 Å². The molecule has 3 aromatic rings. The van der Waals surface area contributed by atoms with Gasteiger partial charge in [0.05, 0.1) is 11.3 Å². The van der Waals surface area contributed by atoms with Crippen LogP contribution in [0, 0.1) is 0 Å². The summed E-state index contributed by atoms with van der Waals surface area (Å²) in [4.78, 5) is 0. The van der Waals surface area contributed by atoms with E-state index in [2.05, 4.69) is 10.8 Å². The topological polar surface area (TPSA) is 91.1 Å². The summed E-state index contributed by atoms with van der Waals surface area (Å²) in [6, 6.07) is 15.6. The third-order valence-electron chi connectivity index (χ3n) is 3.77. The van der Waals surface area contributed by atoms with Crippen molar-refractivity contribution in [3.8, 4) is 5.69 Å². The summed E-state index contributed by atoms with van der Waals surface area (Å²) in [6.07, 6.45) is 2.79. The third kappa shape index (κ3) is 3.44. The Balaban J connectivity index is 2.17. The van der Waals surface area contributed by atoms with Gasteiger partial charge in [0.1, 0.15) is 0 Å². The first-order valence-corrected chi connectivity index (χ1v) is 9.08. The number of rotatable bonds is 5. The molecule has 0 aliphatic rings. The highest BCUT2D eigenvalue weighted by molar-refractivity contribution is 7.88. The lowest BCUT2D eigenvalue weighted by molar-refractivity contribution is 0.597. The second-order valence-electron chi connectivity index (χ2n) is 5.56. The van der Waals surface area contributed by atoms with Crippen LogP contribution >= 0.6 is 0 Å². The second-order valence-corrected chi connectivity index (χ2v) is 7.17. The Labute approximate surface area is 135 Å². The molecule has 0 atom stereocenters. The van der Waals surface area contributed by atoms with Crippen molar-refractivity contribution in [2.45, 2.75) is 12.2 Å². The van der Waals surface area contributed by atoms with Gasteiger partial charge in [-0.2, -0.15) is 0 Å². The van der Waals surface area contributed by atoms with Crippen molar-refractivity contribution in [3.63, 3.8) is 0 Å². The number of nitrogens with two attached hydrogens (primary N) is 2. The van der Waals surface area contributed by atoms with Gasteiger partial charge in [-0.15, -0.1) is 0 Å². The van der Waals surface area contributed by atoms with Crippen molar-refractivity contribution in [1.82, 2.24) is 4.57 Å². The molecule has 0 saturated heterocycles. The number of sulfonamides is 1. The Bertz CT molecular complexity index is 931. The summed E-state index contributed by atoms with van der Waals surface area (Å²) >= 11 is 0. The van der Waals surface area contributed by atoms with Gasteiger partial charge in [-0.05, 0) is 48.4 Å². The summed E-state index contributed by atoms with van der Waals surface area (Å²) < 4.78 is 24.8. The quantitative estimate of drug-likeness (QED) is 0.749. The maximum Gasteiger partial charge on any atom is 0.213 e. The summed E-state index contributed by atoms with van der Waals surface area (Å²) in [5.74, 6) is -0.165. The molecule has 0 saturated carbocycles. The van der Waals surface area contributed by atoms with E-state index in [1.54, 1.807) is 6.07 Å². The number of hydrogen-bond acceptors (Lipinski definition) is 3. The van der Waals surface area contributed by atoms with Crippen LogP contribution in [0.1, 0.15) is 11.1 Å². The number of aromatic nitrogens is 1. The number of hydrogen-bond donors (Lipinski definition) is 2. The first-order valence-electron chi connectivity index (χ1n) is 7.37. The summed E-state index contributed by atoms with van der Waals surface area (Å²) in [5.41, 5.74) is 9.58. The van der Waals surface area contributed by atoms with Crippen molar-refractivity contribution in [2.24, 2.45) is 10.9 Å².